The van der Waals surface area contributed by atoms with Crippen LogP contribution in [0.3, 0.4) is 0 Å². The lowest BCUT2D eigenvalue weighted by Crippen LogP contribution is -2.24. The van der Waals surface area contributed by atoms with Crippen LogP contribution in [-0.2, 0) is 14.3 Å². The van der Waals surface area contributed by atoms with E-state index in [1.807, 2.05) is 32.0 Å². The van der Waals surface area contributed by atoms with Crippen LogP contribution in [0.4, 0.5) is 5.69 Å². The third-order valence-electron chi connectivity index (χ3n) is 3.45. The molecule has 0 aromatic heterocycles. The van der Waals surface area contributed by atoms with E-state index in [-0.39, 0.29) is 13.2 Å². The zero-order valence-electron chi connectivity index (χ0n) is 14.5. The van der Waals surface area contributed by atoms with Crippen LogP contribution in [0.1, 0.15) is 11.1 Å². The zero-order chi connectivity index (χ0) is 18.2. The molecule has 132 valence electrons. The van der Waals surface area contributed by atoms with Crippen molar-refractivity contribution in [3.8, 4) is 11.5 Å². The van der Waals surface area contributed by atoms with Crippen LogP contribution in [0.15, 0.2) is 42.5 Å². The van der Waals surface area contributed by atoms with Gasteiger partial charge in [-0.3, -0.25) is 4.79 Å². The molecule has 25 heavy (non-hydrogen) atoms. The van der Waals surface area contributed by atoms with Crippen LogP contribution in [0.25, 0.3) is 0 Å². The van der Waals surface area contributed by atoms with Gasteiger partial charge in [0.2, 0.25) is 0 Å². The molecule has 6 heteroatoms. The van der Waals surface area contributed by atoms with Gasteiger partial charge in [-0.25, -0.2) is 4.79 Å². The number of hydrogen-bond donors (Lipinski definition) is 1. The van der Waals surface area contributed by atoms with E-state index in [1.54, 1.807) is 31.4 Å². The predicted molar refractivity (Wildman–Crippen MR) is 94.0 cm³/mol. The number of methoxy groups -OCH3 is 1. The summed E-state index contributed by atoms with van der Waals surface area (Å²) in [7, 11) is 1.57. The molecule has 0 spiro atoms. The smallest absolute Gasteiger partial charge is 0.344 e. The summed E-state index contributed by atoms with van der Waals surface area (Å²) in [6, 6.07) is 12.5. The Morgan fingerprint density at radius 2 is 1.64 bits per heavy atom. The molecule has 0 unspecified atom stereocenters. The van der Waals surface area contributed by atoms with Crippen LogP contribution < -0.4 is 14.8 Å². The highest BCUT2D eigenvalue weighted by Gasteiger charge is 2.10. The van der Waals surface area contributed by atoms with Crippen LogP contribution in [-0.4, -0.2) is 32.2 Å². The quantitative estimate of drug-likeness (QED) is 0.783. The second kappa shape index (κ2) is 8.73. The van der Waals surface area contributed by atoms with Gasteiger partial charge in [-0.05, 0) is 55.3 Å². The molecular formula is C19H21NO5. The molecule has 0 bridgehead atoms. The summed E-state index contributed by atoms with van der Waals surface area (Å²) in [5, 5.41) is 2.72. The Bertz CT molecular complexity index is 740. The summed E-state index contributed by atoms with van der Waals surface area (Å²) in [4.78, 5) is 23.5. The number of carbonyl (C=O) groups is 2. The number of rotatable bonds is 7. The molecular weight excluding hydrogens is 322 g/mol. The normalized spacial score (nSPS) is 10.0. The Labute approximate surface area is 146 Å². The van der Waals surface area contributed by atoms with Crippen LogP contribution in [0.2, 0.25) is 0 Å². The second-order valence-electron chi connectivity index (χ2n) is 5.49. The lowest BCUT2D eigenvalue weighted by molar-refractivity contribution is -0.149. The standard InChI is InChI=1S/C19H21NO5/c1-13-4-5-14(2)17(10-13)20-18(21)11-25-19(22)12-24-16-8-6-15(23-3)7-9-16/h4-10H,11-12H2,1-3H3,(H,20,21). The van der Waals surface area contributed by atoms with Gasteiger partial charge in [0.1, 0.15) is 11.5 Å². The number of aryl methyl sites for hydroxylation is 2. The number of hydrogen-bond acceptors (Lipinski definition) is 5. The molecule has 0 aliphatic heterocycles. The van der Waals surface area contributed by atoms with Crippen molar-refractivity contribution < 1.29 is 23.8 Å². The number of ether oxygens (including phenoxy) is 3. The first-order valence-electron chi connectivity index (χ1n) is 7.77. The maximum atomic E-state index is 11.9. The Morgan fingerprint density at radius 3 is 2.32 bits per heavy atom. The second-order valence-corrected chi connectivity index (χ2v) is 5.49. The highest BCUT2D eigenvalue weighted by atomic mass is 16.6. The molecule has 0 atom stereocenters. The fraction of sp³-hybridized carbons (Fsp3) is 0.263. The number of amides is 1. The zero-order valence-corrected chi connectivity index (χ0v) is 14.5. The lowest BCUT2D eigenvalue weighted by Gasteiger charge is -2.10. The van der Waals surface area contributed by atoms with E-state index in [0.29, 0.717) is 17.2 Å². The Morgan fingerprint density at radius 1 is 0.960 bits per heavy atom. The number of nitrogens with one attached hydrogen (secondary N) is 1. The van der Waals surface area contributed by atoms with E-state index in [1.165, 1.54) is 0 Å². The molecule has 2 rings (SSSR count). The molecule has 0 aliphatic rings. The van der Waals surface area contributed by atoms with Crippen molar-refractivity contribution >= 4 is 17.6 Å². The number of carbonyl (C=O) groups excluding carboxylic acids is 2. The summed E-state index contributed by atoms with van der Waals surface area (Å²) in [5.41, 5.74) is 2.68. The Kier molecular flexibility index (Phi) is 6.39. The molecule has 0 saturated carbocycles. The monoisotopic (exact) mass is 343 g/mol. The summed E-state index contributed by atoms with van der Waals surface area (Å²) in [5.74, 6) is 0.189. The number of anilines is 1. The van der Waals surface area contributed by atoms with Crippen molar-refractivity contribution in [3.05, 3.63) is 53.6 Å². The largest absolute Gasteiger partial charge is 0.497 e. The molecule has 2 aromatic carbocycles. The molecule has 1 amide bonds. The van der Waals surface area contributed by atoms with Crippen LogP contribution >= 0.6 is 0 Å². The van der Waals surface area contributed by atoms with E-state index in [9.17, 15) is 9.59 Å². The summed E-state index contributed by atoms with van der Waals surface area (Å²) >= 11 is 0. The van der Waals surface area contributed by atoms with E-state index in [4.69, 9.17) is 14.2 Å². The maximum Gasteiger partial charge on any atom is 0.344 e. The van der Waals surface area contributed by atoms with Gasteiger partial charge in [0.25, 0.3) is 5.91 Å². The Balaban J connectivity index is 1.75. The maximum absolute atomic E-state index is 11.9. The molecule has 0 fully saturated rings. The van der Waals surface area contributed by atoms with Crippen molar-refractivity contribution in [3.63, 3.8) is 0 Å². The van der Waals surface area contributed by atoms with Gasteiger partial charge >= 0.3 is 5.97 Å². The van der Waals surface area contributed by atoms with Gasteiger partial charge in [0.05, 0.1) is 7.11 Å². The van der Waals surface area contributed by atoms with Gasteiger partial charge in [-0.15, -0.1) is 0 Å². The summed E-state index contributed by atoms with van der Waals surface area (Å²) < 4.78 is 15.2. The first kappa shape index (κ1) is 18.3. The van der Waals surface area contributed by atoms with E-state index >= 15 is 0 Å². The van der Waals surface area contributed by atoms with Gasteiger partial charge in [0.15, 0.2) is 13.2 Å². The fourth-order valence-corrected chi connectivity index (χ4v) is 2.06. The van der Waals surface area contributed by atoms with Crippen molar-refractivity contribution in [2.75, 3.05) is 25.6 Å². The number of esters is 1. The van der Waals surface area contributed by atoms with Crippen molar-refractivity contribution in [2.24, 2.45) is 0 Å². The highest BCUT2D eigenvalue weighted by Crippen LogP contribution is 2.17. The van der Waals surface area contributed by atoms with Gasteiger partial charge in [0, 0.05) is 5.69 Å². The van der Waals surface area contributed by atoms with Crippen LogP contribution in [0.5, 0.6) is 11.5 Å². The van der Waals surface area contributed by atoms with E-state index in [2.05, 4.69) is 5.32 Å². The first-order chi connectivity index (χ1) is 12.0. The average Bonchev–Trinajstić information content (AvgIpc) is 2.61. The molecule has 0 radical (unpaired) electrons. The van der Waals surface area contributed by atoms with Gasteiger partial charge < -0.3 is 19.5 Å². The Hall–Kier alpha value is -3.02. The predicted octanol–water partition coefficient (Wildman–Crippen LogP) is 2.87. The molecule has 6 nitrogen and oxygen atoms in total. The topological polar surface area (TPSA) is 73.9 Å². The molecule has 0 saturated heterocycles. The summed E-state index contributed by atoms with van der Waals surface area (Å²) in [6.07, 6.45) is 0. The minimum Gasteiger partial charge on any atom is -0.497 e. The SMILES string of the molecule is COc1ccc(OCC(=O)OCC(=O)Nc2cc(C)ccc2C)cc1. The number of benzene rings is 2. The molecule has 2 aromatic rings. The van der Waals surface area contributed by atoms with Crippen molar-refractivity contribution in [1.29, 1.82) is 0 Å². The van der Waals surface area contributed by atoms with E-state index in [0.717, 1.165) is 11.1 Å². The third kappa shape index (κ3) is 5.84. The molecule has 0 heterocycles. The average molecular weight is 343 g/mol. The molecule has 0 aliphatic carbocycles. The third-order valence-corrected chi connectivity index (χ3v) is 3.45. The van der Waals surface area contributed by atoms with Crippen molar-refractivity contribution in [2.45, 2.75) is 13.8 Å². The van der Waals surface area contributed by atoms with Gasteiger partial charge in [-0.2, -0.15) is 0 Å². The van der Waals surface area contributed by atoms with Crippen molar-refractivity contribution in [1.82, 2.24) is 0 Å². The van der Waals surface area contributed by atoms with E-state index < -0.39 is 11.9 Å². The van der Waals surface area contributed by atoms with Crippen LogP contribution in [0, 0.1) is 13.8 Å². The minimum atomic E-state index is -0.619. The lowest BCUT2D eigenvalue weighted by atomic mass is 10.1. The van der Waals surface area contributed by atoms with Gasteiger partial charge in [-0.1, -0.05) is 12.1 Å². The summed E-state index contributed by atoms with van der Waals surface area (Å²) in [6.45, 7) is 3.19. The highest BCUT2D eigenvalue weighted by molar-refractivity contribution is 5.93. The fourth-order valence-electron chi connectivity index (χ4n) is 2.06. The molecule has 1 N–H and O–H groups in total. The first-order valence-corrected chi connectivity index (χ1v) is 7.77. The minimum absolute atomic E-state index is 0.275.